The molecule has 1 aromatic heterocycles. The van der Waals surface area contributed by atoms with Gasteiger partial charge in [-0.2, -0.15) is 0 Å². The highest BCUT2D eigenvalue weighted by Crippen LogP contribution is 2.34. The molecule has 0 spiro atoms. The van der Waals surface area contributed by atoms with Crippen molar-refractivity contribution in [3.63, 3.8) is 0 Å². The number of pyridine rings is 1. The van der Waals surface area contributed by atoms with Crippen molar-refractivity contribution in [1.29, 1.82) is 0 Å². The Morgan fingerprint density at radius 2 is 2.20 bits per heavy atom. The topological polar surface area (TPSA) is 36.4 Å². The molecule has 0 saturated heterocycles. The predicted octanol–water partition coefficient (Wildman–Crippen LogP) is 3.11. The van der Waals surface area contributed by atoms with E-state index >= 15 is 0 Å². The zero-order chi connectivity index (χ0) is 14.1. The van der Waals surface area contributed by atoms with Gasteiger partial charge in [0.2, 0.25) is 0 Å². The van der Waals surface area contributed by atoms with E-state index in [1.165, 1.54) is 23.4 Å². The van der Waals surface area contributed by atoms with Gasteiger partial charge in [-0.15, -0.1) is 0 Å². The molecule has 0 amide bonds. The van der Waals surface area contributed by atoms with Crippen LogP contribution in [0.3, 0.4) is 0 Å². The molecular weight excluding hydrogens is 255 g/mol. The highest BCUT2D eigenvalue weighted by atomic mass is 19.1. The molecule has 2 heterocycles. The second-order valence-electron chi connectivity index (χ2n) is 5.18. The molecule has 4 heteroatoms. The van der Waals surface area contributed by atoms with Gasteiger partial charge in [0.25, 0.3) is 0 Å². The Morgan fingerprint density at radius 3 is 3.00 bits per heavy atom. The quantitative estimate of drug-likeness (QED) is 0.912. The van der Waals surface area contributed by atoms with E-state index in [0.29, 0.717) is 11.4 Å². The van der Waals surface area contributed by atoms with Gasteiger partial charge >= 0.3 is 0 Å². The molecule has 1 aliphatic rings. The van der Waals surface area contributed by atoms with Crippen molar-refractivity contribution in [2.24, 2.45) is 0 Å². The Balaban J connectivity index is 2.09. The van der Waals surface area contributed by atoms with Gasteiger partial charge < -0.3 is 10.0 Å². The summed E-state index contributed by atoms with van der Waals surface area (Å²) in [4.78, 5) is 6.26. The van der Waals surface area contributed by atoms with Crippen LogP contribution >= 0.6 is 0 Å². The van der Waals surface area contributed by atoms with Crippen LogP contribution in [0.4, 0.5) is 15.9 Å². The Hall–Kier alpha value is -1.94. The fraction of sp³-hybridized carbons (Fsp3) is 0.312. The van der Waals surface area contributed by atoms with Crippen molar-refractivity contribution < 1.29 is 9.50 Å². The molecule has 3 nitrogen and oxygen atoms in total. The third-order valence-electron chi connectivity index (χ3n) is 3.69. The van der Waals surface area contributed by atoms with E-state index in [0.717, 1.165) is 25.1 Å². The van der Waals surface area contributed by atoms with Crippen LogP contribution in [0, 0.1) is 12.7 Å². The average Bonchev–Trinajstić information content (AvgIpc) is 2.46. The van der Waals surface area contributed by atoms with Crippen molar-refractivity contribution in [2.75, 3.05) is 11.4 Å². The summed E-state index contributed by atoms with van der Waals surface area (Å²) in [5.74, 6) is 0.234. The summed E-state index contributed by atoms with van der Waals surface area (Å²) in [6, 6.07) is 7.68. The minimum absolute atomic E-state index is 0.211. The summed E-state index contributed by atoms with van der Waals surface area (Å²) >= 11 is 0. The van der Waals surface area contributed by atoms with E-state index in [9.17, 15) is 9.50 Å². The Labute approximate surface area is 117 Å². The number of hydrogen-bond donors (Lipinski definition) is 1. The molecule has 2 aromatic rings. The van der Waals surface area contributed by atoms with Gasteiger partial charge in [-0.05, 0) is 37.5 Å². The molecule has 0 aliphatic carbocycles. The molecule has 1 aliphatic heterocycles. The molecule has 104 valence electrons. The summed E-state index contributed by atoms with van der Waals surface area (Å²) in [6.45, 7) is 2.70. The fourth-order valence-electron chi connectivity index (χ4n) is 2.78. The fourth-order valence-corrected chi connectivity index (χ4v) is 2.78. The van der Waals surface area contributed by atoms with E-state index in [4.69, 9.17) is 0 Å². The number of hydrogen-bond acceptors (Lipinski definition) is 3. The number of aryl methyl sites for hydroxylation is 2. The van der Waals surface area contributed by atoms with Gasteiger partial charge in [0.05, 0.1) is 12.8 Å². The summed E-state index contributed by atoms with van der Waals surface area (Å²) < 4.78 is 13.3. The second kappa shape index (κ2) is 5.21. The number of fused-ring (bicyclic) bond motifs is 1. The smallest absolute Gasteiger partial charge is 0.142 e. The molecular formula is C16H17FN2O. The lowest BCUT2D eigenvalue weighted by Gasteiger charge is -2.31. The number of nitrogens with zero attached hydrogens (tertiary/aromatic N) is 2. The van der Waals surface area contributed by atoms with E-state index in [-0.39, 0.29) is 6.61 Å². The third-order valence-corrected chi connectivity index (χ3v) is 3.69. The summed E-state index contributed by atoms with van der Waals surface area (Å²) in [6.07, 6.45) is 3.28. The first kappa shape index (κ1) is 13.1. The first-order chi connectivity index (χ1) is 9.69. The summed E-state index contributed by atoms with van der Waals surface area (Å²) in [7, 11) is 0. The minimum atomic E-state index is -0.418. The van der Waals surface area contributed by atoms with Crippen molar-refractivity contribution in [2.45, 2.75) is 26.4 Å². The molecule has 3 rings (SSSR count). The normalized spacial score (nSPS) is 14.2. The number of anilines is 2. The second-order valence-corrected chi connectivity index (χ2v) is 5.18. The zero-order valence-corrected chi connectivity index (χ0v) is 11.4. The van der Waals surface area contributed by atoms with Crippen molar-refractivity contribution in [1.82, 2.24) is 4.98 Å². The van der Waals surface area contributed by atoms with E-state index in [2.05, 4.69) is 35.0 Å². The standard InChI is InChI=1S/C16H17FN2O/c1-11-4-5-15-12(7-11)3-2-6-19(15)16-13(10-20)8-14(17)9-18-16/h4-5,7-9,20H,2-3,6,10H2,1H3. The number of rotatable bonds is 2. The van der Waals surface area contributed by atoms with Crippen LogP contribution in [0.5, 0.6) is 0 Å². The Bertz CT molecular complexity index is 642. The Kier molecular flexibility index (Phi) is 3.40. The molecule has 0 radical (unpaired) electrons. The van der Waals surface area contributed by atoms with Gasteiger partial charge in [-0.1, -0.05) is 17.7 Å². The predicted molar refractivity (Wildman–Crippen MR) is 76.6 cm³/mol. The zero-order valence-electron chi connectivity index (χ0n) is 11.4. The maximum atomic E-state index is 13.3. The largest absolute Gasteiger partial charge is 0.392 e. The molecule has 20 heavy (non-hydrogen) atoms. The lowest BCUT2D eigenvalue weighted by Crippen LogP contribution is -2.26. The van der Waals surface area contributed by atoms with E-state index in [1.807, 2.05) is 0 Å². The van der Waals surface area contributed by atoms with Crippen LogP contribution in [0.15, 0.2) is 30.5 Å². The number of aliphatic hydroxyl groups excluding tert-OH is 1. The monoisotopic (exact) mass is 272 g/mol. The number of aliphatic hydroxyl groups is 1. The first-order valence-electron chi connectivity index (χ1n) is 6.81. The number of aromatic nitrogens is 1. The minimum Gasteiger partial charge on any atom is -0.392 e. The summed E-state index contributed by atoms with van der Waals surface area (Å²) in [5, 5.41) is 9.43. The molecule has 1 N–H and O–H groups in total. The van der Waals surface area contributed by atoms with Gasteiger partial charge in [0.1, 0.15) is 11.6 Å². The molecule has 0 saturated carbocycles. The van der Waals surface area contributed by atoms with Gasteiger partial charge in [-0.3, -0.25) is 0 Å². The van der Waals surface area contributed by atoms with E-state index in [1.54, 1.807) is 0 Å². The Morgan fingerprint density at radius 1 is 1.35 bits per heavy atom. The SMILES string of the molecule is Cc1ccc2c(c1)CCCN2c1ncc(F)cc1CO. The lowest BCUT2D eigenvalue weighted by atomic mass is 9.99. The van der Waals surface area contributed by atoms with Crippen molar-refractivity contribution >= 4 is 11.5 Å². The first-order valence-corrected chi connectivity index (χ1v) is 6.81. The van der Waals surface area contributed by atoms with Crippen LogP contribution in [-0.4, -0.2) is 16.6 Å². The van der Waals surface area contributed by atoms with Crippen LogP contribution in [0.25, 0.3) is 0 Å². The maximum Gasteiger partial charge on any atom is 0.142 e. The number of halogens is 1. The van der Waals surface area contributed by atoms with Crippen molar-refractivity contribution in [3.05, 3.63) is 53.0 Å². The van der Waals surface area contributed by atoms with Gasteiger partial charge in [-0.25, -0.2) is 9.37 Å². The van der Waals surface area contributed by atoms with Gasteiger partial charge in [0, 0.05) is 17.8 Å². The lowest BCUT2D eigenvalue weighted by molar-refractivity contribution is 0.281. The third kappa shape index (κ3) is 2.27. The highest BCUT2D eigenvalue weighted by molar-refractivity contribution is 5.67. The number of benzene rings is 1. The van der Waals surface area contributed by atoms with Crippen LogP contribution in [0.1, 0.15) is 23.1 Å². The van der Waals surface area contributed by atoms with Crippen molar-refractivity contribution in [3.8, 4) is 0 Å². The molecule has 0 atom stereocenters. The van der Waals surface area contributed by atoms with Crippen LogP contribution in [0.2, 0.25) is 0 Å². The molecule has 1 aromatic carbocycles. The van der Waals surface area contributed by atoms with Crippen LogP contribution < -0.4 is 4.90 Å². The van der Waals surface area contributed by atoms with Gasteiger partial charge in [0.15, 0.2) is 0 Å². The van der Waals surface area contributed by atoms with Crippen LogP contribution in [-0.2, 0) is 13.0 Å². The molecule has 0 bridgehead atoms. The maximum absolute atomic E-state index is 13.3. The summed E-state index contributed by atoms with van der Waals surface area (Å²) in [5.41, 5.74) is 4.15. The highest BCUT2D eigenvalue weighted by Gasteiger charge is 2.21. The average molecular weight is 272 g/mol. The molecule has 0 fully saturated rings. The van der Waals surface area contributed by atoms with E-state index < -0.39 is 5.82 Å². The molecule has 0 unspecified atom stereocenters.